The summed E-state index contributed by atoms with van der Waals surface area (Å²) in [6, 6.07) is 0. The van der Waals surface area contributed by atoms with E-state index in [9.17, 15) is 9.59 Å². The third-order valence-electron chi connectivity index (χ3n) is 8.07. The highest BCUT2D eigenvalue weighted by Gasteiger charge is 2.58. The van der Waals surface area contributed by atoms with Gasteiger partial charge in [-0.3, -0.25) is 9.59 Å². The third-order valence-corrected chi connectivity index (χ3v) is 8.82. The van der Waals surface area contributed by atoms with E-state index >= 15 is 0 Å². The predicted octanol–water partition coefficient (Wildman–Crippen LogP) is 4.83. The number of halogens is 1. The molecule has 0 N–H and O–H groups in total. The molecule has 26 heavy (non-hydrogen) atoms. The van der Waals surface area contributed by atoms with Gasteiger partial charge < -0.3 is 4.74 Å². The van der Waals surface area contributed by atoms with Gasteiger partial charge in [0.05, 0.1) is 5.38 Å². The maximum absolute atomic E-state index is 11.5. The molecule has 0 aliphatic heterocycles. The number of alkyl halides is 1. The van der Waals surface area contributed by atoms with E-state index in [0.29, 0.717) is 17.8 Å². The Morgan fingerprint density at radius 3 is 2.77 bits per heavy atom. The van der Waals surface area contributed by atoms with Crippen LogP contribution >= 0.6 is 11.6 Å². The molecule has 0 saturated heterocycles. The Kier molecular flexibility index (Phi) is 4.38. The van der Waals surface area contributed by atoms with Crippen LogP contribution in [0.2, 0.25) is 0 Å². The first-order valence-corrected chi connectivity index (χ1v) is 10.4. The van der Waals surface area contributed by atoms with E-state index in [-0.39, 0.29) is 28.3 Å². The highest BCUT2D eigenvalue weighted by atomic mass is 35.5. The SMILES string of the molecule is CC(=O)O[C@H]1CC[C@@]2(C)C(=CC[C@H]3[C@@H]4C=C(C=O)[C@@H](Cl)[C@@]4(C)CC[C@@H]32)C1. The number of carbonyl (C=O) groups is 2. The molecule has 0 heterocycles. The maximum atomic E-state index is 11.5. The number of esters is 1. The summed E-state index contributed by atoms with van der Waals surface area (Å²) >= 11 is 6.70. The zero-order valence-corrected chi connectivity index (χ0v) is 16.7. The van der Waals surface area contributed by atoms with Crippen molar-refractivity contribution in [3.8, 4) is 0 Å². The van der Waals surface area contributed by atoms with Gasteiger partial charge in [-0.15, -0.1) is 11.6 Å². The van der Waals surface area contributed by atoms with Crippen molar-refractivity contribution >= 4 is 23.9 Å². The maximum Gasteiger partial charge on any atom is 0.302 e. The number of carbonyl (C=O) groups excluding carboxylic acids is 2. The minimum atomic E-state index is -0.174. The lowest BCUT2D eigenvalue weighted by Crippen LogP contribution is -2.51. The lowest BCUT2D eigenvalue weighted by atomic mass is 9.48. The fourth-order valence-corrected chi connectivity index (χ4v) is 7.00. The van der Waals surface area contributed by atoms with Crippen LogP contribution in [-0.4, -0.2) is 23.7 Å². The van der Waals surface area contributed by atoms with E-state index in [4.69, 9.17) is 16.3 Å². The van der Waals surface area contributed by atoms with Gasteiger partial charge in [0.2, 0.25) is 0 Å². The molecule has 4 rings (SSSR count). The van der Waals surface area contributed by atoms with E-state index in [1.54, 1.807) is 0 Å². The average molecular weight is 377 g/mol. The first kappa shape index (κ1) is 18.3. The molecule has 0 unspecified atom stereocenters. The van der Waals surface area contributed by atoms with E-state index < -0.39 is 0 Å². The van der Waals surface area contributed by atoms with Crippen molar-refractivity contribution in [1.29, 1.82) is 0 Å². The molecule has 4 aliphatic rings. The number of rotatable bonds is 2. The van der Waals surface area contributed by atoms with Crippen molar-refractivity contribution in [2.75, 3.05) is 0 Å². The topological polar surface area (TPSA) is 43.4 Å². The van der Waals surface area contributed by atoms with Crippen LogP contribution in [0.4, 0.5) is 0 Å². The van der Waals surface area contributed by atoms with E-state index in [1.165, 1.54) is 18.9 Å². The molecular weight excluding hydrogens is 348 g/mol. The van der Waals surface area contributed by atoms with Gasteiger partial charge in [-0.25, -0.2) is 0 Å². The van der Waals surface area contributed by atoms with Crippen LogP contribution in [0.5, 0.6) is 0 Å². The normalized spacial score (nSPS) is 47.0. The summed E-state index contributed by atoms with van der Waals surface area (Å²) in [5.41, 5.74) is 2.48. The molecule has 0 spiro atoms. The molecule has 4 aliphatic carbocycles. The van der Waals surface area contributed by atoms with Gasteiger partial charge in [0.1, 0.15) is 12.4 Å². The lowest BCUT2D eigenvalue weighted by Gasteiger charge is -2.57. The predicted molar refractivity (Wildman–Crippen MR) is 102 cm³/mol. The van der Waals surface area contributed by atoms with Crippen molar-refractivity contribution < 1.29 is 14.3 Å². The summed E-state index contributed by atoms with van der Waals surface area (Å²) < 4.78 is 5.50. The zero-order valence-electron chi connectivity index (χ0n) is 16.0. The highest BCUT2D eigenvalue weighted by molar-refractivity contribution is 6.25. The standard InChI is InChI=1S/C22H29ClO3/c1-13(25)26-16-6-8-21(2)15(11-16)4-5-17-18(21)7-9-22(3)19(17)10-14(12-24)20(22)23/h4,10,12,16-20H,5-9,11H2,1-3H3/t16-,17+,18-,19-,20+,21-,22-/m0/s1. The van der Waals surface area contributed by atoms with E-state index in [1.807, 2.05) is 0 Å². The molecule has 2 fully saturated rings. The summed E-state index contributed by atoms with van der Waals surface area (Å²) in [5, 5.41) is -0.149. The van der Waals surface area contributed by atoms with Crippen molar-refractivity contribution in [3.05, 3.63) is 23.3 Å². The minimum absolute atomic E-state index is 0.00954. The van der Waals surface area contributed by atoms with Crippen LogP contribution in [0.15, 0.2) is 23.3 Å². The summed E-state index contributed by atoms with van der Waals surface area (Å²) in [6.45, 7) is 6.19. The summed E-state index contributed by atoms with van der Waals surface area (Å²) in [4.78, 5) is 22.8. The minimum Gasteiger partial charge on any atom is -0.462 e. The number of allylic oxidation sites excluding steroid dienone is 3. The van der Waals surface area contributed by atoms with Crippen molar-refractivity contribution in [1.82, 2.24) is 0 Å². The molecule has 142 valence electrons. The second kappa shape index (κ2) is 6.22. The summed E-state index contributed by atoms with van der Waals surface area (Å²) in [6.07, 6.45) is 11.8. The van der Waals surface area contributed by atoms with Gasteiger partial charge >= 0.3 is 5.97 Å². The molecule has 0 aromatic carbocycles. The van der Waals surface area contributed by atoms with Gasteiger partial charge in [0.25, 0.3) is 0 Å². The van der Waals surface area contributed by atoms with Gasteiger partial charge in [0.15, 0.2) is 0 Å². The smallest absolute Gasteiger partial charge is 0.302 e. The van der Waals surface area contributed by atoms with Crippen LogP contribution in [0.3, 0.4) is 0 Å². The molecule has 3 nitrogen and oxygen atoms in total. The molecule has 4 heteroatoms. The van der Waals surface area contributed by atoms with Crippen molar-refractivity contribution in [3.63, 3.8) is 0 Å². The molecule has 2 saturated carbocycles. The molecule has 0 aromatic rings. The monoisotopic (exact) mass is 376 g/mol. The van der Waals surface area contributed by atoms with Crippen molar-refractivity contribution in [2.45, 2.75) is 70.8 Å². The lowest BCUT2D eigenvalue weighted by molar-refractivity contribution is -0.148. The van der Waals surface area contributed by atoms with E-state index in [2.05, 4.69) is 26.0 Å². The molecule has 0 bridgehead atoms. The Labute approximate surface area is 161 Å². The van der Waals surface area contributed by atoms with Gasteiger partial charge in [0, 0.05) is 18.9 Å². The summed E-state index contributed by atoms with van der Waals surface area (Å²) in [7, 11) is 0. The van der Waals surface area contributed by atoms with Crippen LogP contribution in [0.1, 0.15) is 59.3 Å². The quantitative estimate of drug-likeness (QED) is 0.300. The highest BCUT2D eigenvalue weighted by Crippen LogP contribution is 2.64. The number of hydrogen-bond donors (Lipinski definition) is 0. The van der Waals surface area contributed by atoms with Crippen LogP contribution in [-0.2, 0) is 14.3 Å². The summed E-state index contributed by atoms with van der Waals surface area (Å²) in [5.74, 6) is 1.41. The second-order valence-electron chi connectivity index (χ2n) is 9.34. The zero-order chi connectivity index (χ0) is 18.7. The fourth-order valence-electron chi connectivity index (χ4n) is 6.63. The molecule has 7 atom stereocenters. The first-order valence-electron chi connectivity index (χ1n) is 9.97. The second-order valence-corrected chi connectivity index (χ2v) is 9.78. The number of aldehydes is 1. The van der Waals surface area contributed by atoms with Crippen LogP contribution in [0.25, 0.3) is 0 Å². The number of fused-ring (bicyclic) bond motifs is 5. The Morgan fingerprint density at radius 2 is 2.08 bits per heavy atom. The van der Waals surface area contributed by atoms with E-state index in [0.717, 1.165) is 44.0 Å². The molecule has 0 aromatic heterocycles. The average Bonchev–Trinajstić information content (AvgIpc) is 2.86. The van der Waals surface area contributed by atoms with Gasteiger partial charge in [-0.2, -0.15) is 0 Å². The Hall–Kier alpha value is -1.09. The largest absolute Gasteiger partial charge is 0.462 e. The first-order chi connectivity index (χ1) is 12.3. The van der Waals surface area contributed by atoms with Crippen LogP contribution in [0, 0.1) is 28.6 Å². The van der Waals surface area contributed by atoms with Gasteiger partial charge in [-0.05, 0) is 60.7 Å². The third kappa shape index (κ3) is 2.53. The fraction of sp³-hybridized carbons (Fsp3) is 0.727. The molecular formula is C22H29ClO3. The molecule has 0 radical (unpaired) electrons. The number of hydrogen-bond acceptors (Lipinski definition) is 3. The Morgan fingerprint density at radius 1 is 1.31 bits per heavy atom. The van der Waals surface area contributed by atoms with Crippen LogP contribution < -0.4 is 0 Å². The Bertz CT molecular complexity index is 696. The number of ether oxygens (including phenoxy) is 1. The molecule has 0 amide bonds. The van der Waals surface area contributed by atoms with Crippen molar-refractivity contribution in [2.24, 2.45) is 28.6 Å². The Balaban J connectivity index is 1.63. The van der Waals surface area contributed by atoms with Gasteiger partial charge in [-0.1, -0.05) is 31.6 Å².